The van der Waals surface area contributed by atoms with Crippen molar-refractivity contribution in [2.24, 2.45) is 5.73 Å². The first-order valence-electron chi connectivity index (χ1n) is 4.06. The summed E-state index contributed by atoms with van der Waals surface area (Å²) in [5, 5.41) is 1.04. The molecule has 1 unspecified atom stereocenters. The highest BCUT2D eigenvalue weighted by molar-refractivity contribution is 6.42. The first kappa shape index (κ1) is 9.13. The van der Waals surface area contributed by atoms with Crippen molar-refractivity contribution in [3.05, 3.63) is 27.7 Å². The van der Waals surface area contributed by atoms with Gasteiger partial charge in [-0.05, 0) is 6.07 Å². The molecule has 0 bridgehead atoms. The van der Waals surface area contributed by atoms with Gasteiger partial charge in [-0.25, -0.2) is 0 Å². The van der Waals surface area contributed by atoms with Gasteiger partial charge in [-0.15, -0.1) is 0 Å². The first-order chi connectivity index (χ1) is 6.18. The van der Waals surface area contributed by atoms with Crippen molar-refractivity contribution in [1.82, 2.24) is 0 Å². The highest BCUT2D eigenvalue weighted by atomic mass is 35.5. The molecule has 0 spiro atoms. The maximum atomic E-state index is 5.88. The molecule has 2 N–H and O–H groups in total. The minimum absolute atomic E-state index is 0.0125. The van der Waals surface area contributed by atoms with E-state index in [2.05, 4.69) is 0 Å². The molecule has 0 aliphatic carbocycles. The highest BCUT2D eigenvalue weighted by Crippen LogP contribution is 2.36. The van der Waals surface area contributed by atoms with Gasteiger partial charge in [0.25, 0.3) is 0 Å². The summed E-state index contributed by atoms with van der Waals surface area (Å²) >= 11 is 11.7. The summed E-state index contributed by atoms with van der Waals surface area (Å²) in [6.07, 6.45) is 0.824. The van der Waals surface area contributed by atoms with E-state index in [0.717, 1.165) is 17.7 Å². The van der Waals surface area contributed by atoms with Crippen molar-refractivity contribution in [2.75, 3.05) is 6.61 Å². The minimum Gasteiger partial charge on any atom is -0.493 e. The van der Waals surface area contributed by atoms with Crippen molar-refractivity contribution in [3.63, 3.8) is 0 Å². The van der Waals surface area contributed by atoms with Crippen molar-refractivity contribution < 1.29 is 4.74 Å². The first-order valence-corrected chi connectivity index (χ1v) is 4.81. The van der Waals surface area contributed by atoms with Gasteiger partial charge in [0, 0.05) is 24.1 Å². The smallest absolute Gasteiger partial charge is 0.125 e. The van der Waals surface area contributed by atoms with Crippen LogP contribution in [0.5, 0.6) is 5.75 Å². The Morgan fingerprint density at radius 1 is 1.31 bits per heavy atom. The fraction of sp³-hybridized carbons (Fsp3) is 0.333. The van der Waals surface area contributed by atoms with E-state index in [0.29, 0.717) is 16.7 Å². The lowest BCUT2D eigenvalue weighted by molar-refractivity contribution is 0.269. The molecule has 1 heterocycles. The van der Waals surface area contributed by atoms with Crippen LogP contribution in [0.25, 0.3) is 0 Å². The fourth-order valence-corrected chi connectivity index (χ4v) is 1.74. The van der Waals surface area contributed by atoms with Crippen LogP contribution >= 0.6 is 23.2 Å². The third kappa shape index (κ3) is 1.62. The summed E-state index contributed by atoms with van der Waals surface area (Å²) in [7, 11) is 0. The van der Waals surface area contributed by atoms with Crippen molar-refractivity contribution >= 4 is 23.2 Å². The molecule has 0 saturated carbocycles. The van der Waals surface area contributed by atoms with Crippen LogP contribution in [0.1, 0.15) is 18.0 Å². The Bertz CT molecular complexity index is 341. The van der Waals surface area contributed by atoms with Crippen molar-refractivity contribution in [3.8, 4) is 5.75 Å². The molecular formula is C9H9Cl2NO. The third-order valence-electron chi connectivity index (χ3n) is 2.14. The van der Waals surface area contributed by atoms with E-state index in [1.807, 2.05) is 0 Å². The van der Waals surface area contributed by atoms with Gasteiger partial charge in [0.2, 0.25) is 0 Å². The zero-order valence-electron chi connectivity index (χ0n) is 6.89. The van der Waals surface area contributed by atoms with E-state index in [1.54, 1.807) is 12.1 Å². The number of halogens is 2. The zero-order valence-corrected chi connectivity index (χ0v) is 8.40. The van der Waals surface area contributed by atoms with E-state index in [4.69, 9.17) is 33.7 Å². The molecule has 0 saturated heterocycles. The molecule has 1 aromatic carbocycles. The van der Waals surface area contributed by atoms with Crippen LogP contribution in [-0.4, -0.2) is 6.61 Å². The topological polar surface area (TPSA) is 35.2 Å². The molecule has 0 amide bonds. The van der Waals surface area contributed by atoms with Gasteiger partial charge in [0.1, 0.15) is 5.75 Å². The van der Waals surface area contributed by atoms with E-state index in [9.17, 15) is 0 Å². The van der Waals surface area contributed by atoms with Gasteiger partial charge in [-0.1, -0.05) is 23.2 Å². The summed E-state index contributed by atoms with van der Waals surface area (Å²) in [6.45, 7) is 0.645. The van der Waals surface area contributed by atoms with Gasteiger partial charge in [-0.3, -0.25) is 0 Å². The Hall–Kier alpha value is -0.440. The Morgan fingerprint density at radius 3 is 2.77 bits per heavy atom. The molecule has 1 aliphatic rings. The van der Waals surface area contributed by atoms with Crippen LogP contribution in [-0.2, 0) is 0 Å². The van der Waals surface area contributed by atoms with Crippen LogP contribution in [0.15, 0.2) is 12.1 Å². The number of fused-ring (bicyclic) bond motifs is 1. The van der Waals surface area contributed by atoms with Crippen LogP contribution in [0, 0.1) is 0 Å². The van der Waals surface area contributed by atoms with Crippen LogP contribution in [0.3, 0.4) is 0 Å². The van der Waals surface area contributed by atoms with Gasteiger partial charge in [0.15, 0.2) is 0 Å². The summed E-state index contributed by atoms with van der Waals surface area (Å²) < 4.78 is 5.41. The van der Waals surface area contributed by atoms with Gasteiger partial charge < -0.3 is 10.5 Å². The molecule has 2 nitrogen and oxygen atoms in total. The molecule has 4 heteroatoms. The number of benzene rings is 1. The standard InChI is InChI=1S/C9H9Cl2NO/c10-6-3-5-8(12)1-2-13-9(5)4-7(6)11/h3-4,8H,1-2,12H2. The third-order valence-corrected chi connectivity index (χ3v) is 2.86. The fourth-order valence-electron chi connectivity index (χ4n) is 1.41. The maximum absolute atomic E-state index is 5.88. The summed E-state index contributed by atoms with van der Waals surface area (Å²) in [5.41, 5.74) is 6.83. The second-order valence-electron chi connectivity index (χ2n) is 3.05. The molecule has 0 fully saturated rings. The second-order valence-corrected chi connectivity index (χ2v) is 3.86. The SMILES string of the molecule is NC1CCOc2cc(Cl)c(Cl)cc21. The maximum Gasteiger partial charge on any atom is 0.125 e. The van der Waals surface area contributed by atoms with E-state index in [1.165, 1.54) is 0 Å². The Balaban J connectivity index is 2.52. The predicted molar refractivity (Wildman–Crippen MR) is 53.5 cm³/mol. The number of hydrogen-bond donors (Lipinski definition) is 1. The lowest BCUT2D eigenvalue weighted by Crippen LogP contribution is -2.20. The summed E-state index contributed by atoms with van der Waals surface area (Å²) in [5.74, 6) is 0.758. The highest BCUT2D eigenvalue weighted by Gasteiger charge is 2.19. The Labute approximate surface area is 86.6 Å². The lowest BCUT2D eigenvalue weighted by Gasteiger charge is -2.23. The number of nitrogens with two attached hydrogens (primary N) is 1. The van der Waals surface area contributed by atoms with E-state index >= 15 is 0 Å². The molecule has 0 radical (unpaired) electrons. The minimum atomic E-state index is 0.0125. The van der Waals surface area contributed by atoms with Gasteiger partial charge in [0.05, 0.1) is 16.7 Å². The van der Waals surface area contributed by atoms with Gasteiger partial charge in [-0.2, -0.15) is 0 Å². The van der Waals surface area contributed by atoms with Crippen LogP contribution < -0.4 is 10.5 Å². The largest absolute Gasteiger partial charge is 0.493 e. The second kappa shape index (κ2) is 3.37. The average Bonchev–Trinajstić information content (AvgIpc) is 2.09. The van der Waals surface area contributed by atoms with Gasteiger partial charge >= 0.3 is 0 Å². The molecule has 13 heavy (non-hydrogen) atoms. The molecular weight excluding hydrogens is 209 g/mol. The molecule has 1 aromatic rings. The molecule has 2 rings (SSSR count). The zero-order chi connectivity index (χ0) is 9.42. The summed E-state index contributed by atoms with van der Waals surface area (Å²) in [6, 6.07) is 3.51. The van der Waals surface area contributed by atoms with Crippen molar-refractivity contribution in [2.45, 2.75) is 12.5 Å². The number of hydrogen-bond acceptors (Lipinski definition) is 2. The van der Waals surface area contributed by atoms with Crippen LogP contribution in [0.2, 0.25) is 10.0 Å². The van der Waals surface area contributed by atoms with Crippen molar-refractivity contribution in [1.29, 1.82) is 0 Å². The molecule has 0 aromatic heterocycles. The molecule has 1 atom stereocenters. The normalized spacial score (nSPS) is 20.7. The van der Waals surface area contributed by atoms with E-state index < -0.39 is 0 Å². The average molecular weight is 218 g/mol. The number of ether oxygens (including phenoxy) is 1. The Kier molecular flexibility index (Phi) is 2.37. The van der Waals surface area contributed by atoms with Crippen LogP contribution in [0.4, 0.5) is 0 Å². The monoisotopic (exact) mass is 217 g/mol. The lowest BCUT2D eigenvalue weighted by atomic mass is 10.0. The molecule has 1 aliphatic heterocycles. The quantitative estimate of drug-likeness (QED) is 0.726. The summed E-state index contributed by atoms with van der Waals surface area (Å²) in [4.78, 5) is 0. The van der Waals surface area contributed by atoms with E-state index in [-0.39, 0.29) is 6.04 Å². The number of rotatable bonds is 0. The predicted octanol–water partition coefficient (Wildman–Crippen LogP) is 2.78. The molecule has 70 valence electrons. The Morgan fingerprint density at radius 2 is 2.00 bits per heavy atom.